The summed E-state index contributed by atoms with van der Waals surface area (Å²) in [5.41, 5.74) is 2.10. The van der Waals surface area contributed by atoms with Crippen LogP contribution >= 0.6 is 11.3 Å². The molecule has 2 aromatic heterocycles. The molecule has 0 bridgehead atoms. The van der Waals surface area contributed by atoms with Gasteiger partial charge in [-0.1, -0.05) is 12.1 Å². The van der Waals surface area contributed by atoms with E-state index < -0.39 is 0 Å². The summed E-state index contributed by atoms with van der Waals surface area (Å²) in [6.45, 7) is 7.48. The zero-order valence-corrected chi connectivity index (χ0v) is 19.3. The Balaban J connectivity index is 1.39. The zero-order chi connectivity index (χ0) is 22.3. The number of methoxy groups -OCH3 is 1. The minimum absolute atomic E-state index is 0.0545. The summed E-state index contributed by atoms with van der Waals surface area (Å²) in [5, 5.41) is 7.39. The number of carbonyl (C=O) groups excluding carboxylic acids is 1. The van der Waals surface area contributed by atoms with E-state index in [1.807, 2.05) is 25.1 Å². The number of aryl methyl sites for hydroxylation is 1. The molecular formula is C23H29N5O3S. The van der Waals surface area contributed by atoms with E-state index in [0.29, 0.717) is 11.4 Å². The van der Waals surface area contributed by atoms with Gasteiger partial charge in [0, 0.05) is 32.7 Å². The van der Waals surface area contributed by atoms with Crippen LogP contribution in [-0.4, -0.2) is 73.8 Å². The molecule has 1 fully saturated rings. The average Bonchev–Trinajstić information content (AvgIpc) is 3.17. The summed E-state index contributed by atoms with van der Waals surface area (Å²) in [4.78, 5) is 25.5. The molecule has 8 nitrogen and oxygen atoms in total. The van der Waals surface area contributed by atoms with Gasteiger partial charge in [0.05, 0.1) is 30.6 Å². The van der Waals surface area contributed by atoms with Crippen LogP contribution in [0.2, 0.25) is 0 Å². The highest BCUT2D eigenvalue weighted by molar-refractivity contribution is 7.20. The lowest BCUT2D eigenvalue weighted by Gasteiger charge is -2.26. The Bertz CT molecular complexity index is 1060. The van der Waals surface area contributed by atoms with Crippen LogP contribution in [0.5, 0.6) is 5.75 Å². The van der Waals surface area contributed by atoms with Crippen LogP contribution in [-0.2, 0) is 11.2 Å². The molecule has 0 unspecified atom stereocenters. The Morgan fingerprint density at radius 1 is 1.25 bits per heavy atom. The second kappa shape index (κ2) is 10.7. The van der Waals surface area contributed by atoms with Gasteiger partial charge in [0.2, 0.25) is 0 Å². The van der Waals surface area contributed by atoms with E-state index in [0.717, 1.165) is 73.2 Å². The number of fused-ring (bicyclic) bond motifs is 1. The van der Waals surface area contributed by atoms with E-state index in [9.17, 15) is 4.79 Å². The summed E-state index contributed by atoms with van der Waals surface area (Å²) in [6, 6.07) is 8.04. The van der Waals surface area contributed by atoms with Gasteiger partial charge in [-0.05, 0) is 36.6 Å². The van der Waals surface area contributed by atoms with Crippen LogP contribution in [0.15, 0.2) is 30.6 Å². The highest BCUT2D eigenvalue weighted by atomic mass is 32.1. The third-order valence-corrected chi connectivity index (χ3v) is 6.79. The van der Waals surface area contributed by atoms with Crippen LogP contribution in [0.3, 0.4) is 0 Å². The molecule has 0 saturated carbocycles. The molecule has 0 radical (unpaired) electrons. The van der Waals surface area contributed by atoms with E-state index in [2.05, 4.69) is 31.6 Å². The summed E-state index contributed by atoms with van der Waals surface area (Å²) in [6.07, 6.45) is 2.38. The molecule has 1 aliphatic heterocycles. The normalized spacial score (nSPS) is 14.4. The molecule has 1 saturated heterocycles. The van der Waals surface area contributed by atoms with Gasteiger partial charge in [-0.3, -0.25) is 9.69 Å². The van der Waals surface area contributed by atoms with Crippen LogP contribution in [0.1, 0.15) is 20.8 Å². The first-order chi connectivity index (χ1) is 15.7. The number of morpholine rings is 1. The van der Waals surface area contributed by atoms with E-state index in [4.69, 9.17) is 9.47 Å². The van der Waals surface area contributed by atoms with Gasteiger partial charge in [0.1, 0.15) is 22.7 Å². The molecule has 0 spiro atoms. The van der Waals surface area contributed by atoms with E-state index in [1.165, 1.54) is 16.9 Å². The molecule has 170 valence electrons. The summed E-state index contributed by atoms with van der Waals surface area (Å²) < 4.78 is 10.7. The number of rotatable bonds is 9. The maximum Gasteiger partial charge on any atom is 0.261 e. The van der Waals surface area contributed by atoms with Gasteiger partial charge in [-0.2, -0.15) is 0 Å². The van der Waals surface area contributed by atoms with Crippen molar-refractivity contribution >= 4 is 33.3 Å². The van der Waals surface area contributed by atoms with E-state index >= 15 is 0 Å². The first-order valence-corrected chi connectivity index (χ1v) is 11.7. The summed E-state index contributed by atoms with van der Waals surface area (Å²) in [7, 11) is 1.67. The Labute approximate surface area is 192 Å². The van der Waals surface area contributed by atoms with Crippen LogP contribution < -0.4 is 15.4 Å². The molecule has 32 heavy (non-hydrogen) atoms. The van der Waals surface area contributed by atoms with Gasteiger partial charge in [0.25, 0.3) is 5.91 Å². The number of hydrogen-bond acceptors (Lipinski definition) is 8. The highest BCUT2D eigenvalue weighted by Crippen LogP contribution is 2.33. The van der Waals surface area contributed by atoms with Crippen molar-refractivity contribution in [1.29, 1.82) is 0 Å². The summed E-state index contributed by atoms with van der Waals surface area (Å²) >= 11 is 1.41. The lowest BCUT2D eigenvalue weighted by molar-refractivity contribution is 0.0383. The zero-order valence-electron chi connectivity index (χ0n) is 18.5. The Kier molecular flexibility index (Phi) is 7.51. The standard InChI is InChI=1S/C23H29N5O3S/c1-16-19-21(24-7-6-17-4-3-5-18(14-17)30-2)26-15-27-23(19)32-20(16)22(29)25-8-9-28-10-12-31-13-11-28/h3-5,14-15H,6-13H2,1-2H3,(H,25,29)(H,24,26,27). The predicted octanol–water partition coefficient (Wildman–Crippen LogP) is 2.72. The van der Waals surface area contributed by atoms with Crippen molar-refractivity contribution in [3.63, 3.8) is 0 Å². The molecule has 9 heteroatoms. The van der Waals surface area contributed by atoms with Crippen molar-refractivity contribution in [2.24, 2.45) is 0 Å². The number of aromatic nitrogens is 2. The maximum atomic E-state index is 12.8. The number of ether oxygens (including phenoxy) is 2. The van der Waals surface area contributed by atoms with Gasteiger partial charge in [0.15, 0.2) is 0 Å². The quantitative estimate of drug-likeness (QED) is 0.513. The van der Waals surface area contributed by atoms with Crippen molar-refractivity contribution in [3.05, 3.63) is 46.6 Å². The highest BCUT2D eigenvalue weighted by Gasteiger charge is 2.19. The van der Waals surface area contributed by atoms with Crippen LogP contribution in [0.25, 0.3) is 10.2 Å². The molecule has 0 atom stereocenters. The number of anilines is 1. The Morgan fingerprint density at radius 3 is 2.91 bits per heavy atom. The fraction of sp³-hybridized carbons (Fsp3) is 0.435. The lowest BCUT2D eigenvalue weighted by atomic mass is 10.1. The van der Waals surface area contributed by atoms with Crippen LogP contribution in [0.4, 0.5) is 5.82 Å². The molecule has 2 N–H and O–H groups in total. The molecule has 1 aliphatic rings. The monoisotopic (exact) mass is 455 g/mol. The Morgan fingerprint density at radius 2 is 2.09 bits per heavy atom. The maximum absolute atomic E-state index is 12.8. The molecular weight excluding hydrogens is 426 g/mol. The van der Waals surface area contributed by atoms with Crippen molar-refractivity contribution in [3.8, 4) is 5.75 Å². The van der Waals surface area contributed by atoms with Gasteiger partial charge >= 0.3 is 0 Å². The van der Waals surface area contributed by atoms with Gasteiger partial charge in [-0.15, -0.1) is 11.3 Å². The third-order valence-electron chi connectivity index (χ3n) is 5.59. The minimum Gasteiger partial charge on any atom is -0.497 e. The first-order valence-electron chi connectivity index (χ1n) is 10.8. The number of benzene rings is 1. The molecule has 3 heterocycles. The predicted molar refractivity (Wildman–Crippen MR) is 127 cm³/mol. The molecule has 4 rings (SSSR count). The number of amides is 1. The summed E-state index contributed by atoms with van der Waals surface area (Å²) in [5.74, 6) is 1.56. The van der Waals surface area contributed by atoms with Crippen molar-refractivity contribution in [2.45, 2.75) is 13.3 Å². The number of carbonyl (C=O) groups is 1. The molecule has 1 aromatic carbocycles. The topological polar surface area (TPSA) is 88.6 Å². The number of nitrogens with one attached hydrogen (secondary N) is 2. The first kappa shape index (κ1) is 22.4. The Hall–Kier alpha value is -2.75. The smallest absolute Gasteiger partial charge is 0.261 e. The fourth-order valence-electron chi connectivity index (χ4n) is 3.81. The number of nitrogens with zero attached hydrogens (tertiary/aromatic N) is 3. The van der Waals surface area contributed by atoms with E-state index in [-0.39, 0.29) is 5.91 Å². The number of hydrogen-bond donors (Lipinski definition) is 2. The largest absolute Gasteiger partial charge is 0.497 e. The van der Waals surface area contributed by atoms with Gasteiger partial charge in [-0.25, -0.2) is 9.97 Å². The van der Waals surface area contributed by atoms with Gasteiger partial charge < -0.3 is 20.1 Å². The van der Waals surface area contributed by atoms with Crippen molar-refractivity contribution < 1.29 is 14.3 Å². The molecule has 0 aliphatic carbocycles. The van der Waals surface area contributed by atoms with Crippen molar-refractivity contribution in [2.75, 3.05) is 58.4 Å². The number of thiophene rings is 1. The minimum atomic E-state index is -0.0545. The second-order valence-corrected chi connectivity index (χ2v) is 8.70. The lowest BCUT2D eigenvalue weighted by Crippen LogP contribution is -2.41. The van der Waals surface area contributed by atoms with Crippen molar-refractivity contribution in [1.82, 2.24) is 20.2 Å². The molecule has 1 amide bonds. The second-order valence-electron chi connectivity index (χ2n) is 7.70. The van der Waals surface area contributed by atoms with E-state index in [1.54, 1.807) is 13.4 Å². The van der Waals surface area contributed by atoms with Crippen LogP contribution in [0, 0.1) is 6.92 Å². The average molecular weight is 456 g/mol. The molecule has 3 aromatic rings. The third kappa shape index (κ3) is 5.35. The fourth-order valence-corrected chi connectivity index (χ4v) is 4.87. The SMILES string of the molecule is COc1cccc(CCNc2ncnc3sc(C(=O)NCCN4CCOCC4)c(C)c23)c1.